The molecule has 61 heavy (non-hydrogen) atoms. The lowest BCUT2D eigenvalue weighted by Crippen LogP contribution is -2.30. The number of aryl methyl sites for hydroxylation is 1. The van der Waals surface area contributed by atoms with Crippen molar-refractivity contribution in [1.29, 1.82) is 0 Å². The molecule has 0 N–H and O–H groups in total. The zero-order valence-electron chi connectivity index (χ0n) is 34.1. The summed E-state index contributed by atoms with van der Waals surface area (Å²) < 4.78 is 0. The van der Waals surface area contributed by atoms with Gasteiger partial charge in [-0.05, 0) is 69.3 Å². The molecule has 0 aliphatic heterocycles. The molecule has 292 valence electrons. The molecule has 0 radical (unpaired) electrons. The first kappa shape index (κ1) is 36.7. The smallest absolute Gasteiger partial charge is 0.164 e. The minimum atomic E-state index is -0.0909. The van der Waals surface area contributed by atoms with Gasteiger partial charge in [-0.2, -0.15) is 0 Å². The molecule has 0 unspecified atom stereocenters. The van der Waals surface area contributed by atoms with Gasteiger partial charge in [-0.1, -0.05) is 195 Å². The molecule has 0 spiro atoms. The summed E-state index contributed by atoms with van der Waals surface area (Å²) in [5, 5.41) is 6.99. The molecule has 0 bridgehead atoms. The van der Waals surface area contributed by atoms with Gasteiger partial charge >= 0.3 is 0 Å². The number of hydrogen-bond acceptors (Lipinski definition) is 5. The highest BCUT2D eigenvalue weighted by Crippen LogP contribution is 2.46. The maximum absolute atomic E-state index is 5.30. The first-order chi connectivity index (χ1) is 30.1. The summed E-state index contributed by atoms with van der Waals surface area (Å²) in [7, 11) is 0. The fourth-order valence-electron chi connectivity index (χ4n) is 9.67. The van der Waals surface area contributed by atoms with Crippen molar-refractivity contribution in [2.24, 2.45) is 0 Å². The summed E-state index contributed by atoms with van der Waals surface area (Å²) in [6.07, 6.45) is 5.85. The Bertz CT molecular complexity index is 3120. The Morgan fingerprint density at radius 1 is 0.361 bits per heavy atom. The Hall–Kier alpha value is -7.37. The summed E-state index contributed by atoms with van der Waals surface area (Å²) in [6.45, 7) is 1.95. The lowest BCUT2D eigenvalue weighted by atomic mass is 9.65. The van der Waals surface area contributed by atoms with Crippen LogP contribution >= 0.6 is 0 Å². The number of fused-ring (bicyclic) bond motifs is 3. The molecule has 8 aromatic carbocycles. The van der Waals surface area contributed by atoms with Crippen LogP contribution in [0.1, 0.15) is 49.1 Å². The summed E-state index contributed by atoms with van der Waals surface area (Å²) in [6, 6.07) is 65.0. The van der Waals surface area contributed by atoms with E-state index >= 15 is 0 Å². The second-order valence-corrected chi connectivity index (χ2v) is 16.4. The van der Waals surface area contributed by atoms with Crippen LogP contribution in [0.2, 0.25) is 0 Å². The largest absolute Gasteiger partial charge is 0.228 e. The maximum Gasteiger partial charge on any atom is 0.164 e. The lowest BCUT2D eigenvalue weighted by Gasteiger charge is -2.39. The van der Waals surface area contributed by atoms with E-state index in [2.05, 4.69) is 182 Å². The SMILES string of the molecule is Cc1nc(-c2ccc(C3(c4ccc(-c5cc(-c6cccc7ccccc67)nc(-c6cccc7ccccc67)n5)cc4)CCCCC3)cc2)nc(-c2cccc3ccccc23)n1. The van der Waals surface area contributed by atoms with E-state index in [1.807, 2.05) is 6.92 Å². The molecular formula is C56H43N5. The van der Waals surface area contributed by atoms with Crippen molar-refractivity contribution in [3.63, 3.8) is 0 Å². The second kappa shape index (κ2) is 15.3. The van der Waals surface area contributed by atoms with Gasteiger partial charge in [0.05, 0.1) is 11.4 Å². The van der Waals surface area contributed by atoms with Crippen LogP contribution in [-0.2, 0) is 5.41 Å². The van der Waals surface area contributed by atoms with Gasteiger partial charge in [0.1, 0.15) is 5.82 Å². The van der Waals surface area contributed by atoms with Crippen LogP contribution < -0.4 is 0 Å². The highest BCUT2D eigenvalue weighted by atomic mass is 15.0. The minimum absolute atomic E-state index is 0.0909. The molecule has 11 rings (SSSR count). The van der Waals surface area contributed by atoms with E-state index in [9.17, 15) is 0 Å². The lowest BCUT2D eigenvalue weighted by molar-refractivity contribution is 0.346. The van der Waals surface area contributed by atoms with Crippen LogP contribution in [0.15, 0.2) is 182 Å². The number of rotatable bonds is 7. The number of nitrogens with zero attached hydrogens (tertiary/aromatic N) is 5. The molecule has 10 aromatic rings. The van der Waals surface area contributed by atoms with Crippen LogP contribution in [0.5, 0.6) is 0 Å². The van der Waals surface area contributed by atoms with Crippen molar-refractivity contribution in [1.82, 2.24) is 24.9 Å². The quantitative estimate of drug-likeness (QED) is 0.161. The summed E-state index contributed by atoms with van der Waals surface area (Å²) >= 11 is 0. The van der Waals surface area contributed by atoms with Crippen LogP contribution in [0.4, 0.5) is 0 Å². The number of hydrogen-bond donors (Lipinski definition) is 0. The molecule has 1 aliphatic carbocycles. The number of aromatic nitrogens is 5. The fourth-order valence-corrected chi connectivity index (χ4v) is 9.67. The summed E-state index contributed by atoms with van der Waals surface area (Å²) in [5.41, 5.74) is 9.61. The molecule has 0 amide bonds. The first-order valence-corrected chi connectivity index (χ1v) is 21.4. The molecule has 5 heteroatoms. The van der Waals surface area contributed by atoms with E-state index in [1.54, 1.807) is 0 Å². The van der Waals surface area contributed by atoms with Crippen molar-refractivity contribution in [2.45, 2.75) is 44.4 Å². The third kappa shape index (κ3) is 6.73. The van der Waals surface area contributed by atoms with Crippen molar-refractivity contribution < 1.29 is 0 Å². The van der Waals surface area contributed by atoms with Gasteiger partial charge in [0, 0.05) is 33.2 Å². The van der Waals surface area contributed by atoms with Crippen molar-refractivity contribution in [3.05, 3.63) is 199 Å². The predicted octanol–water partition coefficient (Wildman–Crippen LogP) is 14.0. The topological polar surface area (TPSA) is 64.5 Å². The van der Waals surface area contributed by atoms with E-state index in [1.165, 1.54) is 51.9 Å². The van der Waals surface area contributed by atoms with Gasteiger partial charge in [-0.25, -0.2) is 24.9 Å². The zero-order valence-corrected chi connectivity index (χ0v) is 34.1. The average molecular weight is 786 g/mol. The van der Waals surface area contributed by atoms with E-state index in [0.717, 1.165) is 68.6 Å². The van der Waals surface area contributed by atoms with Gasteiger partial charge < -0.3 is 0 Å². The molecule has 1 saturated carbocycles. The molecule has 1 fully saturated rings. The predicted molar refractivity (Wildman–Crippen MR) is 250 cm³/mol. The third-order valence-electron chi connectivity index (χ3n) is 12.7. The zero-order chi connectivity index (χ0) is 40.8. The van der Waals surface area contributed by atoms with Crippen LogP contribution in [-0.4, -0.2) is 24.9 Å². The highest BCUT2D eigenvalue weighted by molar-refractivity contribution is 5.99. The van der Waals surface area contributed by atoms with E-state index in [4.69, 9.17) is 24.9 Å². The fraction of sp³-hybridized carbons (Fsp3) is 0.125. The Balaban J connectivity index is 0.969. The Labute approximate surface area is 355 Å². The van der Waals surface area contributed by atoms with Gasteiger partial charge in [0.2, 0.25) is 0 Å². The van der Waals surface area contributed by atoms with Crippen molar-refractivity contribution >= 4 is 32.3 Å². The maximum atomic E-state index is 5.30. The van der Waals surface area contributed by atoms with Gasteiger partial charge in [0.25, 0.3) is 0 Å². The van der Waals surface area contributed by atoms with Gasteiger partial charge in [-0.15, -0.1) is 0 Å². The summed E-state index contributed by atoms with van der Waals surface area (Å²) in [5.74, 6) is 2.82. The van der Waals surface area contributed by atoms with Gasteiger partial charge in [0.15, 0.2) is 17.5 Å². The van der Waals surface area contributed by atoms with Crippen LogP contribution in [0.25, 0.3) is 89.0 Å². The van der Waals surface area contributed by atoms with Crippen LogP contribution in [0, 0.1) is 6.92 Å². The van der Waals surface area contributed by atoms with E-state index < -0.39 is 0 Å². The Morgan fingerprint density at radius 3 is 1.38 bits per heavy atom. The molecule has 0 atom stereocenters. The normalized spacial score (nSPS) is 13.8. The monoisotopic (exact) mass is 785 g/mol. The Morgan fingerprint density at radius 2 is 0.803 bits per heavy atom. The summed E-state index contributed by atoms with van der Waals surface area (Å²) in [4.78, 5) is 25.2. The minimum Gasteiger partial charge on any atom is -0.228 e. The van der Waals surface area contributed by atoms with E-state index in [0.29, 0.717) is 17.5 Å². The third-order valence-corrected chi connectivity index (χ3v) is 12.7. The molecule has 2 heterocycles. The van der Waals surface area contributed by atoms with Crippen molar-refractivity contribution in [3.8, 4) is 56.7 Å². The highest BCUT2D eigenvalue weighted by Gasteiger charge is 2.36. The second-order valence-electron chi connectivity index (χ2n) is 16.4. The molecular weight excluding hydrogens is 743 g/mol. The standard InChI is InChI=1S/C56H43N5/c1-37-57-53(61-54(58-37)49-24-12-18-39-15-4-7-21-46(39)49)42-28-32-44(33-29-42)56(34-9-2-10-35-56)43-30-26-41(27-31-43)51-36-52(48-23-11-17-38-14-3-6-20-45(38)48)60-55(59-51)50-25-13-19-40-16-5-8-22-47(40)50/h3-8,11-33,36H,2,9-10,34-35H2,1H3. The molecule has 1 aliphatic rings. The first-order valence-electron chi connectivity index (χ1n) is 21.4. The molecule has 5 nitrogen and oxygen atoms in total. The molecule has 0 saturated heterocycles. The number of benzene rings is 8. The molecule has 2 aromatic heterocycles. The average Bonchev–Trinajstić information content (AvgIpc) is 3.33. The van der Waals surface area contributed by atoms with Crippen LogP contribution in [0.3, 0.4) is 0 Å². The van der Waals surface area contributed by atoms with Gasteiger partial charge in [-0.3, -0.25) is 0 Å². The van der Waals surface area contributed by atoms with E-state index in [-0.39, 0.29) is 5.41 Å². The Kier molecular flexibility index (Phi) is 9.23. The van der Waals surface area contributed by atoms with Crippen molar-refractivity contribution in [2.75, 3.05) is 0 Å².